The second-order valence-electron chi connectivity index (χ2n) is 5.75. The van der Waals surface area contributed by atoms with E-state index in [4.69, 9.17) is 4.42 Å². The van der Waals surface area contributed by atoms with Gasteiger partial charge in [-0.2, -0.15) is 4.31 Å². The molecule has 0 bridgehead atoms. The standard InChI is InChI=1S/C17H16N4O3S/c22-25(23,13-7-2-1-3-8-13)21-12-6-10-15(21)17-20-19-16(24-17)14-9-4-5-11-18-14/h1-5,7-9,11,15H,6,10,12H2/t15-/m1/s1. The van der Waals surface area contributed by atoms with E-state index in [9.17, 15) is 8.42 Å². The number of benzene rings is 1. The van der Waals surface area contributed by atoms with Crippen molar-refractivity contribution in [2.24, 2.45) is 0 Å². The summed E-state index contributed by atoms with van der Waals surface area (Å²) in [4.78, 5) is 4.45. The maximum atomic E-state index is 12.9. The molecule has 1 aromatic carbocycles. The molecule has 4 rings (SSSR count). The summed E-state index contributed by atoms with van der Waals surface area (Å²) < 4.78 is 33.0. The van der Waals surface area contributed by atoms with E-state index in [2.05, 4.69) is 15.2 Å². The molecule has 1 saturated heterocycles. The SMILES string of the molecule is O=S(=O)(c1ccccc1)N1CCC[C@@H]1c1nnc(-c2ccccn2)o1. The van der Waals surface area contributed by atoms with Crippen LogP contribution in [0, 0.1) is 0 Å². The van der Waals surface area contributed by atoms with Gasteiger partial charge in [0.25, 0.3) is 5.89 Å². The van der Waals surface area contributed by atoms with Crippen molar-refractivity contribution >= 4 is 10.0 Å². The van der Waals surface area contributed by atoms with E-state index >= 15 is 0 Å². The highest BCUT2D eigenvalue weighted by Crippen LogP contribution is 2.36. The van der Waals surface area contributed by atoms with Crippen molar-refractivity contribution in [3.63, 3.8) is 0 Å². The number of sulfonamides is 1. The predicted octanol–water partition coefficient (Wildman–Crippen LogP) is 2.66. The third-order valence-corrected chi connectivity index (χ3v) is 6.09. The van der Waals surface area contributed by atoms with Gasteiger partial charge in [0, 0.05) is 12.7 Å². The molecule has 1 fully saturated rings. The van der Waals surface area contributed by atoms with Crippen molar-refractivity contribution in [2.75, 3.05) is 6.54 Å². The van der Waals surface area contributed by atoms with Crippen molar-refractivity contribution in [3.05, 3.63) is 60.6 Å². The lowest BCUT2D eigenvalue weighted by Crippen LogP contribution is -2.30. The van der Waals surface area contributed by atoms with E-state index in [1.165, 1.54) is 4.31 Å². The van der Waals surface area contributed by atoms with Gasteiger partial charge < -0.3 is 4.42 Å². The van der Waals surface area contributed by atoms with Crippen LogP contribution in [0.4, 0.5) is 0 Å². The summed E-state index contributed by atoms with van der Waals surface area (Å²) in [5, 5.41) is 8.09. The van der Waals surface area contributed by atoms with E-state index < -0.39 is 16.1 Å². The smallest absolute Gasteiger partial charge is 0.266 e. The number of aromatic nitrogens is 3. The summed E-state index contributed by atoms with van der Waals surface area (Å²) >= 11 is 0. The fraction of sp³-hybridized carbons (Fsp3) is 0.235. The lowest BCUT2D eigenvalue weighted by Gasteiger charge is -2.21. The second kappa shape index (κ2) is 6.38. The molecule has 0 unspecified atom stereocenters. The molecule has 25 heavy (non-hydrogen) atoms. The topological polar surface area (TPSA) is 89.2 Å². The number of pyridine rings is 1. The van der Waals surface area contributed by atoms with Crippen LogP contribution in [0.1, 0.15) is 24.8 Å². The van der Waals surface area contributed by atoms with Crippen molar-refractivity contribution in [1.82, 2.24) is 19.5 Å². The Morgan fingerprint density at radius 1 is 1.04 bits per heavy atom. The fourth-order valence-electron chi connectivity index (χ4n) is 2.96. The number of hydrogen-bond acceptors (Lipinski definition) is 6. The molecule has 0 aliphatic carbocycles. The Morgan fingerprint density at radius 3 is 2.60 bits per heavy atom. The normalized spacial score (nSPS) is 18.5. The van der Waals surface area contributed by atoms with Gasteiger partial charge in [-0.3, -0.25) is 4.98 Å². The highest BCUT2D eigenvalue weighted by Gasteiger charge is 2.39. The first-order valence-corrected chi connectivity index (χ1v) is 9.42. The van der Waals surface area contributed by atoms with Gasteiger partial charge in [0.2, 0.25) is 15.9 Å². The van der Waals surface area contributed by atoms with Crippen molar-refractivity contribution in [1.29, 1.82) is 0 Å². The molecule has 0 amide bonds. The van der Waals surface area contributed by atoms with Gasteiger partial charge in [0.1, 0.15) is 11.7 Å². The molecular weight excluding hydrogens is 340 g/mol. The molecule has 8 heteroatoms. The van der Waals surface area contributed by atoms with Crippen LogP contribution >= 0.6 is 0 Å². The van der Waals surface area contributed by atoms with Crippen LogP contribution in [0.5, 0.6) is 0 Å². The second-order valence-corrected chi connectivity index (χ2v) is 7.64. The highest BCUT2D eigenvalue weighted by atomic mass is 32.2. The zero-order valence-electron chi connectivity index (χ0n) is 13.3. The average molecular weight is 356 g/mol. The van der Waals surface area contributed by atoms with Crippen LogP contribution in [-0.4, -0.2) is 34.4 Å². The zero-order chi connectivity index (χ0) is 17.3. The first-order chi connectivity index (χ1) is 12.2. The zero-order valence-corrected chi connectivity index (χ0v) is 14.1. The maximum absolute atomic E-state index is 12.9. The van der Waals surface area contributed by atoms with Crippen molar-refractivity contribution < 1.29 is 12.8 Å². The Hall–Kier alpha value is -2.58. The van der Waals surface area contributed by atoms with E-state index in [0.29, 0.717) is 30.4 Å². The predicted molar refractivity (Wildman–Crippen MR) is 89.8 cm³/mol. The summed E-state index contributed by atoms with van der Waals surface area (Å²) in [6.07, 6.45) is 3.04. The van der Waals surface area contributed by atoms with Gasteiger partial charge in [-0.1, -0.05) is 24.3 Å². The molecule has 128 valence electrons. The first-order valence-electron chi connectivity index (χ1n) is 7.98. The minimum Gasteiger partial charge on any atom is -0.417 e. The minimum atomic E-state index is -3.60. The molecular formula is C17H16N4O3S. The van der Waals surface area contributed by atoms with Crippen molar-refractivity contribution in [2.45, 2.75) is 23.8 Å². The third kappa shape index (κ3) is 2.94. The molecule has 0 spiro atoms. The molecule has 2 aromatic heterocycles. The van der Waals surface area contributed by atoms with Gasteiger partial charge in [-0.05, 0) is 37.1 Å². The highest BCUT2D eigenvalue weighted by molar-refractivity contribution is 7.89. The van der Waals surface area contributed by atoms with E-state index in [-0.39, 0.29) is 4.90 Å². The molecule has 3 aromatic rings. The number of hydrogen-bond donors (Lipinski definition) is 0. The monoisotopic (exact) mass is 356 g/mol. The van der Waals surface area contributed by atoms with Crippen molar-refractivity contribution in [3.8, 4) is 11.6 Å². The quantitative estimate of drug-likeness (QED) is 0.714. The Bertz CT molecular complexity index is 958. The Balaban J connectivity index is 1.66. The molecule has 7 nitrogen and oxygen atoms in total. The largest absolute Gasteiger partial charge is 0.417 e. The van der Waals surface area contributed by atoms with Crippen LogP contribution in [0.25, 0.3) is 11.6 Å². The summed E-state index contributed by atoms with van der Waals surface area (Å²) in [5.74, 6) is 0.595. The van der Waals surface area contributed by atoms with Gasteiger partial charge in [0.05, 0.1) is 4.90 Å². The van der Waals surface area contributed by atoms with Crippen LogP contribution in [0.3, 0.4) is 0 Å². The van der Waals surface area contributed by atoms with Gasteiger partial charge in [-0.15, -0.1) is 10.2 Å². The number of rotatable bonds is 4. The Labute approximate surface area is 145 Å². The lowest BCUT2D eigenvalue weighted by molar-refractivity contribution is 0.332. The molecule has 1 aliphatic rings. The van der Waals surface area contributed by atoms with Gasteiger partial charge in [0.15, 0.2) is 0 Å². The molecule has 3 heterocycles. The summed E-state index contributed by atoms with van der Waals surface area (Å²) in [6.45, 7) is 0.434. The molecule has 1 atom stereocenters. The average Bonchev–Trinajstić information content (AvgIpc) is 3.33. The molecule has 0 radical (unpaired) electrons. The van der Waals surface area contributed by atoms with Crippen LogP contribution in [0.2, 0.25) is 0 Å². The van der Waals surface area contributed by atoms with E-state index in [0.717, 1.165) is 6.42 Å². The lowest BCUT2D eigenvalue weighted by atomic mass is 10.2. The van der Waals surface area contributed by atoms with E-state index in [1.807, 2.05) is 6.07 Å². The van der Waals surface area contributed by atoms with Gasteiger partial charge in [-0.25, -0.2) is 8.42 Å². The first kappa shape index (κ1) is 15.9. The van der Waals surface area contributed by atoms with Gasteiger partial charge >= 0.3 is 0 Å². The van der Waals surface area contributed by atoms with Crippen LogP contribution < -0.4 is 0 Å². The fourth-order valence-corrected chi connectivity index (χ4v) is 4.64. The van der Waals surface area contributed by atoms with Crippen LogP contribution in [0.15, 0.2) is 64.0 Å². The summed E-state index contributed by atoms with van der Waals surface area (Å²) in [6, 6.07) is 13.3. The Morgan fingerprint density at radius 2 is 1.84 bits per heavy atom. The van der Waals surface area contributed by atoms with Crippen LogP contribution in [-0.2, 0) is 10.0 Å². The summed E-state index contributed by atoms with van der Waals surface area (Å²) in [5.41, 5.74) is 0.566. The molecule has 0 saturated carbocycles. The van der Waals surface area contributed by atoms with E-state index in [1.54, 1.807) is 48.7 Å². The molecule has 0 N–H and O–H groups in total. The number of nitrogens with zero attached hydrogens (tertiary/aromatic N) is 4. The third-order valence-electron chi connectivity index (χ3n) is 4.16. The minimum absolute atomic E-state index is 0.270. The Kier molecular flexibility index (Phi) is 4.06. The molecule has 1 aliphatic heterocycles. The maximum Gasteiger partial charge on any atom is 0.266 e. The summed E-state index contributed by atoms with van der Waals surface area (Å²) in [7, 11) is -3.60.